The van der Waals surface area contributed by atoms with Gasteiger partial charge < -0.3 is 10.2 Å². The topological polar surface area (TPSA) is 15.3 Å². The second-order valence-corrected chi connectivity index (χ2v) is 4.83. The van der Waals surface area contributed by atoms with Gasteiger partial charge in [-0.3, -0.25) is 0 Å². The second-order valence-electron chi connectivity index (χ2n) is 4.83. The van der Waals surface area contributed by atoms with Gasteiger partial charge in [-0.2, -0.15) is 0 Å². The quantitative estimate of drug-likeness (QED) is 0.497. The van der Waals surface area contributed by atoms with Crippen LogP contribution in [0.5, 0.6) is 0 Å². The highest BCUT2D eigenvalue weighted by Gasteiger charge is 1.87. The number of unbranched alkanes of at least 4 members (excludes halogenated alkanes) is 2. The van der Waals surface area contributed by atoms with Crippen LogP contribution < -0.4 is 5.32 Å². The average Bonchev–Trinajstić information content (AvgIpc) is 2.43. The van der Waals surface area contributed by atoms with Crippen molar-refractivity contribution in [2.75, 3.05) is 33.7 Å². The molecule has 1 N–H and O–H groups in total. The largest absolute Gasteiger partial charge is 0.316 e. The smallest absolute Gasteiger partial charge is 0.0199 e. The first-order valence-electron chi connectivity index (χ1n) is 7.80. The summed E-state index contributed by atoms with van der Waals surface area (Å²) in [6.45, 7) is 12.1. The van der Waals surface area contributed by atoms with Gasteiger partial charge in [0.15, 0.2) is 0 Å². The molecule has 0 unspecified atom stereocenters. The van der Waals surface area contributed by atoms with Crippen LogP contribution in [0, 0.1) is 0 Å². The Morgan fingerprint density at radius 1 is 1.16 bits per heavy atom. The molecule has 0 aliphatic carbocycles. The molecule has 2 nitrogen and oxygen atoms in total. The lowest BCUT2D eigenvalue weighted by atomic mass is 10.2. The Balaban J connectivity index is 0. The van der Waals surface area contributed by atoms with E-state index in [0.717, 1.165) is 6.54 Å². The SMILES string of the molecule is C/C=C(\C=C/CCCC)CNC.CCCN(C)CC. The normalized spacial score (nSPS) is 11.8. The maximum Gasteiger partial charge on any atom is 0.0199 e. The summed E-state index contributed by atoms with van der Waals surface area (Å²) in [4.78, 5) is 2.31. The number of nitrogens with one attached hydrogen (secondary N) is 1. The van der Waals surface area contributed by atoms with E-state index >= 15 is 0 Å². The molecule has 0 heterocycles. The fourth-order valence-electron chi connectivity index (χ4n) is 1.56. The van der Waals surface area contributed by atoms with Crippen LogP contribution in [0.4, 0.5) is 0 Å². The van der Waals surface area contributed by atoms with Crippen LogP contribution in [-0.2, 0) is 0 Å². The zero-order valence-electron chi connectivity index (χ0n) is 14.1. The molecule has 0 amide bonds. The first kappa shape index (κ1) is 20.7. The minimum absolute atomic E-state index is 0.971. The molecule has 2 heteroatoms. The predicted molar refractivity (Wildman–Crippen MR) is 89.8 cm³/mol. The van der Waals surface area contributed by atoms with Crippen LogP contribution in [0.2, 0.25) is 0 Å². The van der Waals surface area contributed by atoms with Gasteiger partial charge >= 0.3 is 0 Å². The summed E-state index contributed by atoms with van der Waals surface area (Å²) in [6.07, 6.45) is 11.7. The maximum atomic E-state index is 3.14. The van der Waals surface area contributed by atoms with E-state index in [0.29, 0.717) is 0 Å². The lowest BCUT2D eigenvalue weighted by molar-refractivity contribution is 0.353. The summed E-state index contributed by atoms with van der Waals surface area (Å²) in [6, 6.07) is 0. The van der Waals surface area contributed by atoms with Crippen molar-refractivity contribution in [3.8, 4) is 0 Å². The van der Waals surface area contributed by atoms with Crippen LogP contribution in [0.25, 0.3) is 0 Å². The zero-order chi connectivity index (χ0) is 14.9. The molecular formula is C17H36N2. The fraction of sp³-hybridized carbons (Fsp3) is 0.765. The highest BCUT2D eigenvalue weighted by molar-refractivity contribution is 5.19. The van der Waals surface area contributed by atoms with E-state index in [1.807, 2.05) is 7.05 Å². The van der Waals surface area contributed by atoms with Gasteiger partial charge in [0.1, 0.15) is 0 Å². The van der Waals surface area contributed by atoms with Crippen LogP contribution >= 0.6 is 0 Å². The van der Waals surface area contributed by atoms with Crippen molar-refractivity contribution in [3.63, 3.8) is 0 Å². The van der Waals surface area contributed by atoms with E-state index in [9.17, 15) is 0 Å². The highest BCUT2D eigenvalue weighted by atomic mass is 15.1. The van der Waals surface area contributed by atoms with Crippen LogP contribution in [-0.4, -0.2) is 38.6 Å². The Labute approximate surface area is 122 Å². The van der Waals surface area contributed by atoms with Crippen LogP contribution in [0.1, 0.15) is 53.4 Å². The van der Waals surface area contributed by atoms with Gasteiger partial charge in [0, 0.05) is 6.54 Å². The molecule has 0 rings (SSSR count). The van der Waals surface area contributed by atoms with Crippen molar-refractivity contribution >= 4 is 0 Å². The summed E-state index contributed by atoms with van der Waals surface area (Å²) in [5.74, 6) is 0. The molecule has 0 radical (unpaired) electrons. The molecule has 0 aliphatic rings. The molecule has 0 fully saturated rings. The third kappa shape index (κ3) is 17.4. The van der Waals surface area contributed by atoms with E-state index in [2.05, 4.69) is 63.2 Å². The van der Waals surface area contributed by atoms with Gasteiger partial charge in [-0.1, -0.05) is 51.8 Å². The summed E-state index contributed by atoms with van der Waals surface area (Å²) in [5.41, 5.74) is 1.37. The fourth-order valence-corrected chi connectivity index (χ4v) is 1.56. The monoisotopic (exact) mass is 268 g/mol. The van der Waals surface area contributed by atoms with Gasteiger partial charge in [0.2, 0.25) is 0 Å². The van der Waals surface area contributed by atoms with Crippen LogP contribution in [0.15, 0.2) is 23.8 Å². The van der Waals surface area contributed by atoms with E-state index in [1.165, 1.54) is 44.3 Å². The number of hydrogen-bond donors (Lipinski definition) is 1. The molecule has 0 saturated carbocycles. The van der Waals surface area contributed by atoms with E-state index < -0.39 is 0 Å². The average molecular weight is 268 g/mol. The van der Waals surface area contributed by atoms with E-state index in [1.54, 1.807) is 0 Å². The lowest BCUT2D eigenvalue weighted by Crippen LogP contribution is -2.17. The van der Waals surface area contributed by atoms with Gasteiger partial charge in [-0.05, 0) is 52.5 Å². The molecular weight excluding hydrogens is 232 g/mol. The first-order chi connectivity index (χ1) is 9.15. The molecule has 0 bridgehead atoms. The Morgan fingerprint density at radius 3 is 2.21 bits per heavy atom. The summed E-state index contributed by atoms with van der Waals surface area (Å²) >= 11 is 0. The van der Waals surface area contributed by atoms with Gasteiger partial charge in [-0.15, -0.1) is 0 Å². The standard InChI is InChI=1S/C11H21N.C6H15N/c1-4-6-7-8-9-11(5-2)10-12-3;1-4-6-7(3)5-2/h5,8-9,12H,4,6-7,10H2,1-3H3;4-6H2,1-3H3/b9-8-,11-5+;. The highest BCUT2D eigenvalue weighted by Crippen LogP contribution is 1.99. The molecule has 0 aromatic rings. The summed E-state index contributed by atoms with van der Waals surface area (Å²) in [5, 5.41) is 3.14. The lowest BCUT2D eigenvalue weighted by Gasteiger charge is -2.10. The van der Waals surface area contributed by atoms with Crippen molar-refractivity contribution in [2.45, 2.75) is 53.4 Å². The molecule has 0 atom stereocenters. The van der Waals surface area contributed by atoms with Crippen molar-refractivity contribution in [3.05, 3.63) is 23.8 Å². The number of nitrogens with zero attached hydrogens (tertiary/aromatic N) is 1. The van der Waals surface area contributed by atoms with Crippen molar-refractivity contribution in [1.82, 2.24) is 10.2 Å². The van der Waals surface area contributed by atoms with Crippen molar-refractivity contribution in [2.24, 2.45) is 0 Å². The van der Waals surface area contributed by atoms with Gasteiger partial charge in [-0.25, -0.2) is 0 Å². The first-order valence-corrected chi connectivity index (χ1v) is 7.80. The third-order valence-electron chi connectivity index (χ3n) is 2.95. The molecule has 0 aromatic carbocycles. The second kappa shape index (κ2) is 17.4. The Morgan fingerprint density at radius 2 is 1.84 bits per heavy atom. The van der Waals surface area contributed by atoms with Gasteiger partial charge in [0.05, 0.1) is 0 Å². The Kier molecular flexibility index (Phi) is 19.0. The minimum Gasteiger partial charge on any atom is -0.316 e. The van der Waals surface area contributed by atoms with E-state index in [-0.39, 0.29) is 0 Å². The molecule has 0 aromatic heterocycles. The Bertz CT molecular complexity index is 219. The Hall–Kier alpha value is -0.600. The maximum absolute atomic E-state index is 3.14. The molecule has 114 valence electrons. The third-order valence-corrected chi connectivity index (χ3v) is 2.95. The van der Waals surface area contributed by atoms with Gasteiger partial charge in [0.25, 0.3) is 0 Å². The molecule has 0 spiro atoms. The summed E-state index contributed by atoms with van der Waals surface area (Å²) in [7, 11) is 4.12. The molecule has 0 saturated heterocycles. The number of rotatable bonds is 9. The molecule has 19 heavy (non-hydrogen) atoms. The zero-order valence-corrected chi connectivity index (χ0v) is 14.1. The minimum atomic E-state index is 0.971. The van der Waals surface area contributed by atoms with Crippen LogP contribution in [0.3, 0.4) is 0 Å². The van der Waals surface area contributed by atoms with Crippen molar-refractivity contribution < 1.29 is 0 Å². The van der Waals surface area contributed by atoms with Crippen molar-refractivity contribution in [1.29, 1.82) is 0 Å². The molecule has 0 aliphatic heterocycles. The predicted octanol–water partition coefficient (Wildman–Crippen LogP) is 4.25. The van der Waals surface area contributed by atoms with E-state index in [4.69, 9.17) is 0 Å². The number of allylic oxidation sites excluding steroid dienone is 2. The number of likely N-dealkylation sites (N-methyl/N-ethyl adjacent to an activating group) is 1. The number of hydrogen-bond acceptors (Lipinski definition) is 2. The summed E-state index contributed by atoms with van der Waals surface area (Å²) < 4.78 is 0.